The normalized spacial score (nSPS) is 40.6. The number of fused-ring (bicyclic) bond motifs is 7. The van der Waals surface area contributed by atoms with E-state index in [2.05, 4.69) is 132 Å². The van der Waals surface area contributed by atoms with Crippen molar-refractivity contribution < 1.29 is 4.74 Å². The molecule has 3 nitrogen and oxygen atoms in total. The van der Waals surface area contributed by atoms with Crippen LogP contribution in [0.3, 0.4) is 0 Å². The molecule has 1 aliphatic heterocycles. The molecular formula is C75H94N2O. The highest BCUT2D eigenvalue weighted by molar-refractivity contribution is 5.54. The highest BCUT2D eigenvalue weighted by atomic mass is 16.5. The number of nitrogens with zero attached hydrogens (tertiary/aromatic N) is 2. The highest BCUT2D eigenvalue weighted by Gasteiger charge is 2.60. The van der Waals surface area contributed by atoms with E-state index in [-0.39, 0.29) is 16.9 Å². The average Bonchev–Trinajstić information content (AvgIpc) is 4.04. The molecule has 14 unspecified atom stereocenters. The quantitative estimate of drug-likeness (QED) is 0.203. The summed E-state index contributed by atoms with van der Waals surface area (Å²) in [5.41, 5.74) is 19.7. The summed E-state index contributed by atoms with van der Waals surface area (Å²) in [4.78, 5) is 6.08. The molecule has 0 aromatic heterocycles. The highest BCUT2D eigenvalue weighted by Crippen LogP contribution is 2.69. The maximum absolute atomic E-state index is 6.78. The van der Waals surface area contributed by atoms with Gasteiger partial charge < -0.3 is 14.5 Å². The van der Waals surface area contributed by atoms with Crippen LogP contribution in [0.15, 0.2) is 177 Å². The molecule has 2 fully saturated rings. The van der Waals surface area contributed by atoms with Crippen LogP contribution in [-0.2, 0) is 4.74 Å². The van der Waals surface area contributed by atoms with Crippen LogP contribution in [0.25, 0.3) is 0 Å². The third-order valence-corrected chi connectivity index (χ3v) is 24.2. The van der Waals surface area contributed by atoms with Gasteiger partial charge in [0, 0.05) is 57.9 Å². The number of hydrogen-bond acceptors (Lipinski definition) is 3. The van der Waals surface area contributed by atoms with Gasteiger partial charge in [0.2, 0.25) is 0 Å². The molecule has 410 valence electrons. The third kappa shape index (κ3) is 8.46. The number of hydrogen-bond donors (Lipinski definition) is 0. The van der Waals surface area contributed by atoms with Crippen molar-refractivity contribution >= 4 is 0 Å². The Morgan fingerprint density at radius 1 is 0.577 bits per heavy atom. The smallest absolute Gasteiger partial charge is 0.0797 e. The van der Waals surface area contributed by atoms with E-state index >= 15 is 0 Å². The molecule has 1 saturated heterocycles. The molecule has 15 aliphatic rings. The van der Waals surface area contributed by atoms with Crippen molar-refractivity contribution in [2.45, 2.75) is 230 Å². The Bertz CT molecular complexity index is 2870. The van der Waals surface area contributed by atoms with Gasteiger partial charge >= 0.3 is 0 Å². The van der Waals surface area contributed by atoms with Gasteiger partial charge in [-0.1, -0.05) is 151 Å². The molecule has 15 rings (SSSR count). The molecule has 14 aliphatic carbocycles. The first-order valence-electron chi connectivity index (χ1n) is 33.1. The summed E-state index contributed by atoms with van der Waals surface area (Å²) < 4.78 is 6.78. The summed E-state index contributed by atoms with van der Waals surface area (Å²) in [6.45, 7) is 2.71. The van der Waals surface area contributed by atoms with E-state index in [1.165, 1.54) is 161 Å². The summed E-state index contributed by atoms with van der Waals surface area (Å²) in [6, 6.07) is 1.79. The minimum absolute atomic E-state index is 0.0371. The van der Waals surface area contributed by atoms with Crippen LogP contribution in [0.1, 0.15) is 200 Å². The minimum atomic E-state index is 0.0371. The fourth-order valence-electron chi connectivity index (χ4n) is 21.0. The van der Waals surface area contributed by atoms with Crippen LogP contribution in [0.2, 0.25) is 0 Å². The summed E-state index contributed by atoms with van der Waals surface area (Å²) >= 11 is 0. The topological polar surface area (TPSA) is 15.7 Å². The van der Waals surface area contributed by atoms with Crippen molar-refractivity contribution in [3.63, 3.8) is 0 Å². The molecule has 0 bridgehead atoms. The maximum Gasteiger partial charge on any atom is 0.0797 e. The van der Waals surface area contributed by atoms with Crippen molar-refractivity contribution in [2.24, 2.45) is 52.3 Å². The first-order chi connectivity index (χ1) is 38.6. The first-order valence-corrected chi connectivity index (χ1v) is 33.1. The molecule has 0 aromatic carbocycles. The predicted octanol–water partition coefficient (Wildman–Crippen LogP) is 19.0. The second-order valence-corrected chi connectivity index (χ2v) is 27.8. The summed E-state index contributed by atoms with van der Waals surface area (Å²) in [5, 5.41) is 0. The van der Waals surface area contributed by atoms with Gasteiger partial charge in [0.15, 0.2) is 0 Å². The SMILES string of the molecule is CC1(C2=CCC(OC3C=CC=CC3)CC2)C2=C(CCC(N(C3=CC=C(C4=CC5C6CCCC=C6N(C6C=CCCC6)C5CC4)CC3)C3CCC4=C(C3)C(C3=CCCCC3)(C3C=CC=CC3)C3CCCCC43)=C2)C2CCC=CC21. The lowest BCUT2D eigenvalue weighted by Gasteiger charge is -2.51. The molecule has 78 heavy (non-hydrogen) atoms. The number of rotatable bonds is 10. The Kier molecular flexibility index (Phi) is 13.8. The number of ether oxygens (including phenoxy) is 1. The van der Waals surface area contributed by atoms with Crippen LogP contribution >= 0.6 is 0 Å². The molecule has 0 N–H and O–H groups in total. The van der Waals surface area contributed by atoms with Gasteiger partial charge in [0.1, 0.15) is 0 Å². The van der Waals surface area contributed by atoms with E-state index in [1.54, 1.807) is 39.4 Å². The Morgan fingerprint density at radius 3 is 2.27 bits per heavy atom. The lowest BCUT2D eigenvalue weighted by molar-refractivity contribution is 0.00763. The zero-order chi connectivity index (χ0) is 51.8. The van der Waals surface area contributed by atoms with Crippen LogP contribution in [0.5, 0.6) is 0 Å². The minimum Gasteiger partial charge on any atom is -0.370 e. The fourth-order valence-corrected chi connectivity index (χ4v) is 21.0. The van der Waals surface area contributed by atoms with Gasteiger partial charge in [0.05, 0.1) is 12.2 Å². The fraction of sp³-hybridized carbons (Fsp3) is 0.600. The van der Waals surface area contributed by atoms with Gasteiger partial charge in [0.25, 0.3) is 0 Å². The largest absolute Gasteiger partial charge is 0.370 e. The van der Waals surface area contributed by atoms with Gasteiger partial charge in [-0.05, 0) is 238 Å². The lowest BCUT2D eigenvalue weighted by atomic mass is 9.54. The van der Waals surface area contributed by atoms with Crippen molar-refractivity contribution in [2.75, 3.05) is 0 Å². The average molecular weight is 1040 g/mol. The molecule has 3 heteroatoms. The second-order valence-electron chi connectivity index (χ2n) is 27.8. The summed E-state index contributed by atoms with van der Waals surface area (Å²) in [6.07, 6.45) is 87.5. The summed E-state index contributed by atoms with van der Waals surface area (Å²) in [5.74, 6) is 4.80. The second kappa shape index (κ2) is 21.2. The summed E-state index contributed by atoms with van der Waals surface area (Å²) in [7, 11) is 0. The van der Waals surface area contributed by atoms with Gasteiger partial charge in [-0.2, -0.15) is 0 Å². The van der Waals surface area contributed by atoms with Crippen LogP contribution in [0, 0.1) is 52.3 Å². The molecule has 0 amide bonds. The molecule has 14 atom stereocenters. The van der Waals surface area contributed by atoms with E-state index in [1.807, 2.05) is 22.3 Å². The zero-order valence-corrected chi connectivity index (χ0v) is 47.9. The van der Waals surface area contributed by atoms with E-state index in [0.29, 0.717) is 47.9 Å². The van der Waals surface area contributed by atoms with Crippen molar-refractivity contribution in [3.8, 4) is 0 Å². The third-order valence-electron chi connectivity index (χ3n) is 24.2. The van der Waals surface area contributed by atoms with Gasteiger partial charge in [-0.3, -0.25) is 0 Å². The first kappa shape index (κ1) is 50.6. The number of allylic oxidation sites excluding steroid dienone is 24. The lowest BCUT2D eigenvalue weighted by Crippen LogP contribution is -2.44. The molecule has 0 aromatic rings. The van der Waals surface area contributed by atoms with Crippen LogP contribution in [0.4, 0.5) is 0 Å². The Labute approximate surface area is 471 Å². The standard InChI is InChI=1S/C75H94N2O/c1-74(53-37-43-61(44-38-53)78-60-26-12-5-13-27-60)68-31-17-14-28-62(68)64-45-41-58(49-70(64)74)76(57-39-34-51(35-40-57)52-36-47-73-67(48-52)66-30-16-19-33-72(66)77(73)56-24-10-4-11-25-56)59-42-46-65-63-29-15-18-32-69(63)75(71(65)50-59,54-20-6-2-7-21-54)55-22-8-3-9-23-55/h2,5-7,10,12-13,17,20,22,24,26,31,33-34,37,39,48-49,54,56,59-63,66-69,73H,3-4,8-9,11,14-16,18-19,21,23,25,27-30,32,35-36,38,40-47,50H2,1H3. The van der Waals surface area contributed by atoms with E-state index in [0.717, 1.165) is 49.9 Å². The Hall–Kier alpha value is -4.34. The van der Waals surface area contributed by atoms with Crippen molar-refractivity contribution in [1.29, 1.82) is 0 Å². The van der Waals surface area contributed by atoms with E-state index in [9.17, 15) is 0 Å². The van der Waals surface area contributed by atoms with Crippen molar-refractivity contribution in [1.82, 2.24) is 9.80 Å². The Balaban J connectivity index is 0.807. The van der Waals surface area contributed by atoms with Gasteiger partial charge in [-0.15, -0.1) is 0 Å². The molecule has 1 saturated carbocycles. The maximum atomic E-state index is 6.78. The van der Waals surface area contributed by atoms with E-state index in [4.69, 9.17) is 4.74 Å². The monoisotopic (exact) mass is 1040 g/mol. The van der Waals surface area contributed by atoms with Crippen LogP contribution in [-0.4, -0.2) is 40.1 Å². The Morgan fingerprint density at radius 2 is 1.45 bits per heavy atom. The van der Waals surface area contributed by atoms with Crippen LogP contribution < -0.4 is 0 Å². The zero-order valence-electron chi connectivity index (χ0n) is 47.9. The van der Waals surface area contributed by atoms with Gasteiger partial charge in [-0.25, -0.2) is 0 Å². The molecular weight excluding hydrogens is 945 g/mol. The number of likely N-dealkylation sites (tertiary alicyclic amines) is 1. The van der Waals surface area contributed by atoms with E-state index < -0.39 is 0 Å². The molecule has 0 radical (unpaired) electrons. The molecule has 0 spiro atoms. The predicted molar refractivity (Wildman–Crippen MR) is 323 cm³/mol. The molecule has 1 heterocycles. The van der Waals surface area contributed by atoms with Crippen molar-refractivity contribution in [3.05, 3.63) is 177 Å².